The first-order chi connectivity index (χ1) is 30.8. The number of benzene rings is 8. The normalized spacial score (nSPS) is 15.3. The highest BCUT2D eigenvalue weighted by Gasteiger charge is 2.36. The van der Waals surface area contributed by atoms with Gasteiger partial charge in [-0.05, 0) is 124 Å². The number of halogens is 1. The molecule has 0 aliphatic heterocycles. The number of hydrogen-bond donors (Lipinski definition) is 0. The first-order valence-electron chi connectivity index (χ1n) is 21.6. The number of hydrogen-bond acceptors (Lipinski definition) is 4. The van der Waals surface area contributed by atoms with Gasteiger partial charge in [0.25, 0.3) is 0 Å². The molecule has 0 unspecified atom stereocenters. The van der Waals surface area contributed by atoms with Crippen LogP contribution in [0, 0.1) is 0 Å². The summed E-state index contributed by atoms with van der Waals surface area (Å²) in [4.78, 5) is 2.36. The van der Waals surface area contributed by atoms with Gasteiger partial charge in [0.15, 0.2) is 0 Å². The van der Waals surface area contributed by atoms with E-state index in [1.54, 1.807) is 0 Å². The summed E-state index contributed by atoms with van der Waals surface area (Å²) in [7, 11) is 0. The van der Waals surface area contributed by atoms with Crippen LogP contribution in [0.3, 0.4) is 0 Å². The van der Waals surface area contributed by atoms with Crippen LogP contribution in [0.2, 0.25) is 0 Å². The summed E-state index contributed by atoms with van der Waals surface area (Å²) >= 11 is 7.20. The number of furan rings is 2. The molecule has 0 saturated carbocycles. The first kappa shape index (κ1) is 37.5. The van der Waals surface area contributed by atoms with Gasteiger partial charge in [-0.1, -0.05) is 135 Å². The smallest absolute Gasteiger partial charge is 0.149 e. The van der Waals surface area contributed by atoms with Crippen molar-refractivity contribution in [2.45, 2.75) is 39.0 Å². The lowest BCUT2D eigenvalue weighted by molar-refractivity contribution is 0.447. The summed E-state index contributed by atoms with van der Waals surface area (Å²) in [5.41, 5.74) is 13.2. The summed E-state index contributed by atoms with van der Waals surface area (Å²) in [6, 6.07) is 49.2. The van der Waals surface area contributed by atoms with E-state index < -0.39 is 0 Å². The summed E-state index contributed by atoms with van der Waals surface area (Å²) in [5.74, 6) is 1.43. The summed E-state index contributed by atoms with van der Waals surface area (Å²) in [6.07, 6.45) is 10.1. The van der Waals surface area contributed by atoms with Crippen molar-refractivity contribution in [1.29, 1.82) is 0 Å². The highest BCUT2D eigenvalue weighted by atomic mass is 35.5. The van der Waals surface area contributed by atoms with Crippen molar-refractivity contribution in [3.05, 3.63) is 203 Å². The molecule has 0 radical (unpaired) electrons. The van der Waals surface area contributed by atoms with E-state index in [4.69, 9.17) is 25.2 Å². The molecular weight excluding hydrogens is 794 g/mol. The second kappa shape index (κ2) is 14.1. The van der Waals surface area contributed by atoms with Crippen molar-refractivity contribution in [1.82, 2.24) is 0 Å². The molecule has 2 aromatic heterocycles. The minimum absolute atomic E-state index is 0.237. The fourth-order valence-electron chi connectivity index (χ4n) is 10.5. The third-order valence-corrected chi connectivity index (χ3v) is 13.7. The van der Waals surface area contributed by atoms with Gasteiger partial charge in [0, 0.05) is 43.9 Å². The molecule has 0 bridgehead atoms. The lowest BCUT2D eigenvalue weighted by Gasteiger charge is -2.29. The highest BCUT2D eigenvalue weighted by molar-refractivity contribution is 6.34. The number of anilines is 3. The summed E-state index contributed by atoms with van der Waals surface area (Å²) < 4.78 is 19.9. The Bertz CT molecular complexity index is 3660. The molecule has 0 fully saturated rings. The van der Waals surface area contributed by atoms with Crippen molar-refractivity contribution >= 4 is 105 Å². The van der Waals surface area contributed by atoms with Crippen LogP contribution >= 0.6 is 11.6 Å². The van der Waals surface area contributed by atoms with E-state index in [9.17, 15) is 0 Å². The molecule has 2 aliphatic rings. The molecule has 10 aromatic rings. The van der Waals surface area contributed by atoms with E-state index in [-0.39, 0.29) is 5.41 Å². The molecule has 0 saturated heterocycles. The largest absolute Gasteiger partial charge is 0.456 e. The van der Waals surface area contributed by atoms with Gasteiger partial charge in [0.2, 0.25) is 0 Å². The predicted octanol–water partition coefficient (Wildman–Crippen LogP) is 17.2. The number of allylic oxidation sites excluding steroid dienone is 8. The molecule has 8 aromatic carbocycles. The fraction of sp³-hybridized carbons (Fsp3) is 0.103. The summed E-state index contributed by atoms with van der Waals surface area (Å²) in [5, 5.41) is 9.52. The second-order valence-corrected chi connectivity index (χ2v) is 17.6. The zero-order chi connectivity index (χ0) is 42.6. The average Bonchev–Trinajstić information content (AvgIpc) is 3.95. The average molecular weight is 836 g/mol. The SMILES string of the molecule is C=CC1=C(/C=C\C)c2ccc(N(c3ccc(C4=CCCC(Cl)=C4Oc4ccc5oc6cccc7c8ccccc8c4c5c67)cc3)c3cccc4oc5ccccc5c34)cc2C1(C)C. The fourth-order valence-corrected chi connectivity index (χ4v) is 10.7. The van der Waals surface area contributed by atoms with Crippen LogP contribution in [0.5, 0.6) is 5.75 Å². The van der Waals surface area contributed by atoms with Gasteiger partial charge in [-0.2, -0.15) is 0 Å². The molecule has 2 aliphatic carbocycles. The maximum atomic E-state index is 7.20. The van der Waals surface area contributed by atoms with E-state index in [0.29, 0.717) is 17.2 Å². The van der Waals surface area contributed by atoms with Crippen molar-refractivity contribution in [2.24, 2.45) is 0 Å². The Kier molecular flexibility index (Phi) is 8.41. The molecule has 0 amide bonds. The van der Waals surface area contributed by atoms with Crippen molar-refractivity contribution in [3.63, 3.8) is 0 Å². The molecular formula is C58H42ClNO3. The van der Waals surface area contributed by atoms with Crippen LogP contribution in [0.4, 0.5) is 17.1 Å². The molecule has 4 nitrogen and oxygen atoms in total. The minimum atomic E-state index is -0.237. The van der Waals surface area contributed by atoms with Crippen LogP contribution in [0.25, 0.3) is 76.6 Å². The molecule has 12 rings (SSSR count). The molecule has 2 heterocycles. The summed E-state index contributed by atoms with van der Waals surface area (Å²) in [6.45, 7) is 10.9. The van der Waals surface area contributed by atoms with Crippen LogP contribution in [-0.4, -0.2) is 0 Å². The first-order valence-corrected chi connectivity index (χ1v) is 22.0. The van der Waals surface area contributed by atoms with Crippen LogP contribution < -0.4 is 9.64 Å². The number of ether oxygens (including phenoxy) is 1. The Morgan fingerprint density at radius 1 is 0.667 bits per heavy atom. The monoisotopic (exact) mass is 835 g/mol. The Morgan fingerprint density at radius 2 is 1.33 bits per heavy atom. The van der Waals surface area contributed by atoms with E-state index in [0.717, 1.165) is 100 Å². The van der Waals surface area contributed by atoms with E-state index in [2.05, 4.69) is 160 Å². The zero-order valence-corrected chi connectivity index (χ0v) is 36.0. The molecule has 0 atom stereocenters. The van der Waals surface area contributed by atoms with Crippen molar-refractivity contribution in [3.8, 4) is 5.75 Å². The van der Waals surface area contributed by atoms with Crippen molar-refractivity contribution in [2.75, 3.05) is 4.90 Å². The van der Waals surface area contributed by atoms with E-state index in [1.807, 2.05) is 36.4 Å². The molecule has 63 heavy (non-hydrogen) atoms. The third-order valence-electron chi connectivity index (χ3n) is 13.3. The maximum absolute atomic E-state index is 7.20. The van der Waals surface area contributed by atoms with Crippen LogP contribution in [-0.2, 0) is 5.41 Å². The third kappa shape index (κ3) is 5.54. The zero-order valence-electron chi connectivity index (χ0n) is 35.3. The second-order valence-electron chi connectivity index (χ2n) is 17.1. The molecule has 0 N–H and O–H groups in total. The van der Waals surface area contributed by atoms with E-state index >= 15 is 0 Å². The van der Waals surface area contributed by atoms with Gasteiger partial charge in [-0.15, -0.1) is 0 Å². The predicted molar refractivity (Wildman–Crippen MR) is 264 cm³/mol. The van der Waals surface area contributed by atoms with E-state index in [1.165, 1.54) is 27.7 Å². The van der Waals surface area contributed by atoms with Gasteiger partial charge in [0.05, 0.1) is 16.1 Å². The lowest BCUT2D eigenvalue weighted by Crippen LogP contribution is -2.17. The highest BCUT2D eigenvalue weighted by Crippen LogP contribution is 2.52. The number of fused-ring (bicyclic) bond motifs is 7. The maximum Gasteiger partial charge on any atom is 0.149 e. The Balaban J connectivity index is 0.984. The van der Waals surface area contributed by atoms with Gasteiger partial charge in [-0.25, -0.2) is 0 Å². The van der Waals surface area contributed by atoms with Gasteiger partial charge in [-0.3, -0.25) is 0 Å². The lowest BCUT2D eigenvalue weighted by atomic mass is 9.81. The minimum Gasteiger partial charge on any atom is -0.456 e. The van der Waals surface area contributed by atoms with Crippen molar-refractivity contribution < 1.29 is 13.6 Å². The molecule has 5 heteroatoms. The topological polar surface area (TPSA) is 38.8 Å². The molecule has 0 spiro atoms. The quantitative estimate of drug-likeness (QED) is 0.143. The van der Waals surface area contributed by atoms with Gasteiger partial charge < -0.3 is 18.5 Å². The van der Waals surface area contributed by atoms with Gasteiger partial charge >= 0.3 is 0 Å². The standard InChI is InChI=1S/C58H42ClNO3/c1-5-14-39-40-30-29-36(33-45(40)58(3,4)44(39)6-2)60(47-21-13-24-49-53(47)43-17-9-10-22-48(43)61-49)35-27-25-34(26-28-35)37-18-11-20-46(59)57(37)63-51-31-32-52-56-54-42(19-12-23-50(54)62-52)38-15-7-8-16-41(38)55(51)56/h5-10,12-19,21-33H,2,11,20H2,1,3-4H3/b14-5-. The Labute approximate surface area is 370 Å². The Hall–Kier alpha value is -7.27. The number of nitrogens with zero attached hydrogens (tertiary/aromatic N) is 1. The molecule has 304 valence electrons. The van der Waals surface area contributed by atoms with Crippen LogP contribution in [0.1, 0.15) is 50.3 Å². The Morgan fingerprint density at radius 3 is 2.14 bits per heavy atom. The number of para-hydroxylation sites is 1. The number of rotatable bonds is 8. The van der Waals surface area contributed by atoms with Crippen LogP contribution in [0.15, 0.2) is 196 Å². The van der Waals surface area contributed by atoms with Gasteiger partial charge in [0.1, 0.15) is 33.8 Å².